The molecule has 0 aliphatic heterocycles. The average Bonchev–Trinajstić information content (AvgIpc) is 3.10. The molecule has 0 radical (unpaired) electrons. The van der Waals surface area contributed by atoms with Gasteiger partial charge in [-0.1, -0.05) is 0 Å². The van der Waals surface area contributed by atoms with Crippen molar-refractivity contribution >= 4 is 28.0 Å². The third-order valence-electron chi connectivity index (χ3n) is 5.80. The molecule has 5 heteroatoms. The molecule has 1 unspecified atom stereocenters. The van der Waals surface area contributed by atoms with Gasteiger partial charge in [-0.3, -0.25) is 0 Å². The van der Waals surface area contributed by atoms with Gasteiger partial charge in [-0.15, -0.1) is 0 Å². The predicted octanol–water partition coefficient (Wildman–Crippen LogP) is 3.87. The molecule has 5 rings (SSSR count). The molecule has 1 saturated carbocycles. The van der Waals surface area contributed by atoms with E-state index in [9.17, 15) is 4.79 Å². The van der Waals surface area contributed by atoms with Gasteiger partial charge in [-0.2, -0.15) is 0 Å². The van der Waals surface area contributed by atoms with Gasteiger partial charge in [-0.25, -0.2) is 0 Å². The summed E-state index contributed by atoms with van der Waals surface area (Å²) in [5, 5.41) is 0.532. The molecule has 0 bridgehead atoms. The fourth-order valence-electron chi connectivity index (χ4n) is 3.96. The van der Waals surface area contributed by atoms with E-state index in [1.807, 2.05) is 47.2 Å². The minimum absolute atomic E-state index is 0.0971. The van der Waals surface area contributed by atoms with Crippen LogP contribution in [0.5, 0.6) is 0 Å². The Morgan fingerprint density at radius 2 is 1.75 bits per heavy atom. The van der Waals surface area contributed by atoms with Crippen molar-refractivity contribution in [2.45, 2.75) is 23.5 Å². The van der Waals surface area contributed by atoms with E-state index in [-0.39, 0.29) is 5.56 Å². The molecule has 1 aliphatic carbocycles. The van der Waals surface area contributed by atoms with Gasteiger partial charge in [0.05, 0.1) is 0 Å². The average molecular weight is 432 g/mol. The van der Waals surface area contributed by atoms with Gasteiger partial charge in [0.2, 0.25) is 0 Å². The molecule has 2 aromatic carbocycles. The zero-order valence-electron chi connectivity index (χ0n) is 15.7. The van der Waals surface area contributed by atoms with Gasteiger partial charge in [0.15, 0.2) is 0 Å². The molecule has 0 saturated heterocycles. The molecular weight excluding hydrogens is 411 g/mol. The number of nitrogens with zero attached hydrogens (tertiary/aromatic N) is 2. The fraction of sp³-hybridized carbons (Fsp3) is 0.217. The van der Waals surface area contributed by atoms with Gasteiger partial charge >= 0.3 is 172 Å². The zero-order chi connectivity index (χ0) is 19.3. The number of aryl methyl sites for hydroxylation is 1. The van der Waals surface area contributed by atoms with Crippen molar-refractivity contribution in [3.8, 4) is 22.5 Å². The van der Waals surface area contributed by atoms with Gasteiger partial charge in [0.25, 0.3) is 0 Å². The number of furan rings is 1. The van der Waals surface area contributed by atoms with Crippen LogP contribution in [0.2, 0.25) is 0 Å². The standard InChI is InChI=1S/C23H21AsN2O2/c1-26-14-25-21-19(22(26)27)18(15-6-3-2-4-7-15)20(28-21)16-8-10-17(11-9-16)23(24)12-5-13-23/h2-4,6-11,14H,5,12-13,24H2,1H3. The Bertz CT molecular complexity index is 1220. The van der Waals surface area contributed by atoms with E-state index in [2.05, 4.69) is 29.2 Å². The van der Waals surface area contributed by atoms with E-state index in [0.717, 1.165) is 16.7 Å². The normalized spacial score (nSPS) is 15.5. The van der Waals surface area contributed by atoms with Crippen LogP contribution < -0.4 is 5.56 Å². The Kier molecular flexibility index (Phi) is 4.06. The Balaban J connectivity index is 1.73. The van der Waals surface area contributed by atoms with E-state index in [1.54, 1.807) is 7.05 Å². The maximum atomic E-state index is 12.9. The van der Waals surface area contributed by atoms with Crippen molar-refractivity contribution in [1.82, 2.24) is 9.55 Å². The Morgan fingerprint density at radius 1 is 1.04 bits per heavy atom. The molecular formula is C23H21AsN2O2. The van der Waals surface area contributed by atoms with E-state index < -0.39 is 0 Å². The number of hydrogen-bond donors (Lipinski definition) is 0. The van der Waals surface area contributed by atoms with Crippen molar-refractivity contribution in [2.75, 3.05) is 0 Å². The summed E-state index contributed by atoms with van der Waals surface area (Å²) in [5.41, 5.74) is 4.43. The van der Waals surface area contributed by atoms with Gasteiger partial charge < -0.3 is 0 Å². The Hall–Kier alpha value is -2.58. The first-order chi connectivity index (χ1) is 13.6. The van der Waals surface area contributed by atoms with Crippen LogP contribution in [-0.4, -0.2) is 26.4 Å². The van der Waals surface area contributed by atoms with Crippen LogP contribution in [0.15, 0.2) is 70.1 Å². The first-order valence-electron chi connectivity index (χ1n) is 9.50. The zero-order valence-corrected chi connectivity index (χ0v) is 18.1. The van der Waals surface area contributed by atoms with Crippen molar-refractivity contribution in [3.05, 3.63) is 76.8 Å². The second kappa shape index (κ2) is 6.49. The maximum absolute atomic E-state index is 12.9. The van der Waals surface area contributed by atoms with Crippen LogP contribution >= 0.6 is 0 Å². The molecule has 2 heterocycles. The van der Waals surface area contributed by atoms with Crippen molar-refractivity contribution < 1.29 is 4.42 Å². The van der Waals surface area contributed by atoms with Gasteiger partial charge in [0, 0.05) is 0 Å². The van der Waals surface area contributed by atoms with E-state index >= 15 is 0 Å². The molecule has 140 valence electrons. The van der Waals surface area contributed by atoms with Crippen LogP contribution in [0.25, 0.3) is 33.6 Å². The van der Waals surface area contributed by atoms with Crippen molar-refractivity contribution in [1.29, 1.82) is 0 Å². The molecule has 4 nitrogen and oxygen atoms in total. The monoisotopic (exact) mass is 432 g/mol. The molecule has 2 aromatic heterocycles. The molecule has 0 spiro atoms. The molecule has 4 aromatic rings. The summed E-state index contributed by atoms with van der Waals surface area (Å²) in [4.78, 5) is 17.2. The van der Waals surface area contributed by atoms with Gasteiger partial charge in [0.1, 0.15) is 0 Å². The molecule has 0 N–H and O–H groups in total. The van der Waals surface area contributed by atoms with E-state index in [1.165, 1.54) is 35.7 Å². The third kappa shape index (κ3) is 2.67. The van der Waals surface area contributed by atoms with Gasteiger partial charge in [-0.05, 0) is 0 Å². The number of fused-ring (bicyclic) bond motifs is 1. The number of rotatable bonds is 3. The van der Waals surface area contributed by atoms with Crippen LogP contribution in [0.4, 0.5) is 0 Å². The second-order valence-electron chi connectivity index (χ2n) is 7.60. The summed E-state index contributed by atoms with van der Waals surface area (Å²) in [6, 6.07) is 18.6. The molecule has 1 fully saturated rings. The predicted molar refractivity (Wildman–Crippen MR) is 114 cm³/mol. The minimum atomic E-state index is -0.0971. The summed E-state index contributed by atoms with van der Waals surface area (Å²) in [7, 11) is 1.71. The van der Waals surface area contributed by atoms with E-state index in [0.29, 0.717) is 21.1 Å². The Morgan fingerprint density at radius 3 is 2.39 bits per heavy atom. The quantitative estimate of drug-likeness (QED) is 0.462. The van der Waals surface area contributed by atoms with Crippen LogP contribution in [0.3, 0.4) is 0 Å². The molecule has 1 atom stereocenters. The number of hydrogen-bond acceptors (Lipinski definition) is 3. The summed E-state index contributed by atoms with van der Waals surface area (Å²) in [6.07, 6.45) is 5.37. The fourth-order valence-corrected chi connectivity index (χ4v) is 5.22. The first-order valence-corrected chi connectivity index (χ1v) is 10.7. The van der Waals surface area contributed by atoms with Crippen molar-refractivity contribution in [3.63, 3.8) is 0 Å². The van der Waals surface area contributed by atoms with E-state index in [4.69, 9.17) is 4.42 Å². The SMILES string of the molecule is Cn1cnc2oc(-c3ccc(C4([AsH2])CCC4)cc3)c(-c3ccccc3)c2c1=O. The first kappa shape index (κ1) is 17.5. The van der Waals surface area contributed by atoms with Crippen LogP contribution in [0.1, 0.15) is 24.8 Å². The van der Waals surface area contributed by atoms with Crippen LogP contribution in [0, 0.1) is 0 Å². The second-order valence-corrected chi connectivity index (χ2v) is 9.92. The molecule has 28 heavy (non-hydrogen) atoms. The summed E-state index contributed by atoms with van der Waals surface area (Å²) in [5.74, 6) is 0.702. The van der Waals surface area contributed by atoms with Crippen LogP contribution in [-0.2, 0) is 11.3 Å². The number of aromatic nitrogens is 2. The number of benzene rings is 2. The topological polar surface area (TPSA) is 48.0 Å². The third-order valence-corrected chi connectivity index (χ3v) is 7.71. The summed E-state index contributed by atoms with van der Waals surface area (Å²) >= 11 is 1.81. The summed E-state index contributed by atoms with van der Waals surface area (Å²) < 4.78 is 7.98. The molecule has 0 amide bonds. The Labute approximate surface area is 171 Å². The summed E-state index contributed by atoms with van der Waals surface area (Å²) in [6.45, 7) is 0. The molecule has 1 aliphatic rings. The van der Waals surface area contributed by atoms with Crippen molar-refractivity contribution in [2.24, 2.45) is 7.05 Å².